The molecule has 0 saturated heterocycles. The molecule has 3 aromatic carbocycles. The topological polar surface area (TPSA) is 113 Å². The molecule has 0 aliphatic carbocycles. The molecule has 186 valence electrons. The monoisotopic (exact) mass is 490 g/mol. The van der Waals surface area contributed by atoms with Gasteiger partial charge in [-0.1, -0.05) is 0 Å². The maximum absolute atomic E-state index is 12.9. The van der Waals surface area contributed by atoms with Gasteiger partial charge in [-0.15, -0.1) is 0 Å². The summed E-state index contributed by atoms with van der Waals surface area (Å²) in [5, 5.41) is 6.93. The summed E-state index contributed by atoms with van der Waals surface area (Å²) in [5.74, 6) is 2.66. The lowest BCUT2D eigenvalue weighted by Gasteiger charge is -2.14. The fraction of sp³-hybridized carbons (Fsp3) is 0.192. The lowest BCUT2D eigenvalue weighted by Crippen LogP contribution is -2.12. The number of amides is 1. The minimum atomic E-state index is -0.321. The van der Waals surface area contributed by atoms with Crippen LogP contribution in [-0.4, -0.2) is 51.4 Å². The van der Waals surface area contributed by atoms with E-state index in [2.05, 4.69) is 20.6 Å². The van der Waals surface area contributed by atoms with Gasteiger partial charge in [0.1, 0.15) is 12.1 Å². The van der Waals surface area contributed by atoms with Crippen molar-refractivity contribution in [3.8, 4) is 28.7 Å². The predicted molar refractivity (Wildman–Crippen MR) is 136 cm³/mol. The number of carbonyl (C=O) groups is 1. The van der Waals surface area contributed by atoms with Gasteiger partial charge < -0.3 is 34.3 Å². The van der Waals surface area contributed by atoms with E-state index in [1.807, 2.05) is 18.2 Å². The molecule has 0 saturated carbocycles. The summed E-state index contributed by atoms with van der Waals surface area (Å²) in [6.45, 7) is 0. The summed E-state index contributed by atoms with van der Waals surface area (Å²) < 4.78 is 26.7. The Bertz CT molecular complexity index is 1370. The highest BCUT2D eigenvalue weighted by Gasteiger charge is 2.17. The van der Waals surface area contributed by atoms with E-state index in [1.165, 1.54) is 27.7 Å². The van der Waals surface area contributed by atoms with Crippen LogP contribution in [0.2, 0.25) is 0 Å². The van der Waals surface area contributed by atoms with E-state index >= 15 is 0 Å². The number of methoxy groups -OCH3 is 5. The number of nitrogens with zero attached hydrogens (tertiary/aromatic N) is 2. The van der Waals surface area contributed by atoms with Gasteiger partial charge in [0.25, 0.3) is 5.91 Å². The van der Waals surface area contributed by atoms with E-state index in [9.17, 15) is 4.79 Å². The molecule has 0 spiro atoms. The van der Waals surface area contributed by atoms with E-state index in [4.69, 9.17) is 23.7 Å². The second-order valence-electron chi connectivity index (χ2n) is 7.52. The first-order chi connectivity index (χ1) is 17.5. The highest BCUT2D eigenvalue weighted by Crippen LogP contribution is 2.38. The van der Waals surface area contributed by atoms with Crippen LogP contribution in [0, 0.1) is 0 Å². The van der Waals surface area contributed by atoms with Crippen LogP contribution < -0.4 is 34.3 Å². The molecule has 0 atom stereocenters. The van der Waals surface area contributed by atoms with Crippen LogP contribution >= 0.6 is 0 Å². The summed E-state index contributed by atoms with van der Waals surface area (Å²) in [5.41, 5.74) is 2.46. The Morgan fingerprint density at radius 3 is 1.86 bits per heavy atom. The van der Waals surface area contributed by atoms with Crippen molar-refractivity contribution in [2.75, 3.05) is 46.2 Å². The average Bonchev–Trinajstić information content (AvgIpc) is 2.92. The predicted octanol–water partition coefficient (Wildman–Crippen LogP) is 4.67. The van der Waals surface area contributed by atoms with Crippen LogP contribution in [0.3, 0.4) is 0 Å². The first kappa shape index (κ1) is 24.4. The lowest BCUT2D eigenvalue weighted by atomic mass is 10.1. The second-order valence-corrected chi connectivity index (χ2v) is 7.52. The number of hydrogen-bond acceptors (Lipinski definition) is 9. The van der Waals surface area contributed by atoms with Gasteiger partial charge in [0.2, 0.25) is 5.75 Å². The molecule has 0 fully saturated rings. The fourth-order valence-corrected chi connectivity index (χ4v) is 3.67. The summed E-state index contributed by atoms with van der Waals surface area (Å²) >= 11 is 0. The molecular formula is C26H26N4O6. The number of benzene rings is 3. The third kappa shape index (κ3) is 4.88. The number of aromatic nitrogens is 2. The van der Waals surface area contributed by atoms with E-state index in [0.29, 0.717) is 51.3 Å². The number of rotatable bonds is 9. The molecule has 0 aliphatic rings. The smallest absolute Gasteiger partial charge is 0.255 e. The molecule has 1 amide bonds. The Morgan fingerprint density at radius 2 is 1.28 bits per heavy atom. The molecule has 1 aromatic heterocycles. The van der Waals surface area contributed by atoms with Crippen molar-refractivity contribution in [1.29, 1.82) is 0 Å². The molecular weight excluding hydrogens is 464 g/mol. The van der Waals surface area contributed by atoms with Crippen molar-refractivity contribution >= 4 is 34.0 Å². The van der Waals surface area contributed by atoms with Gasteiger partial charge in [-0.25, -0.2) is 9.97 Å². The number of ether oxygens (including phenoxy) is 5. The summed E-state index contributed by atoms with van der Waals surface area (Å²) in [4.78, 5) is 21.6. The van der Waals surface area contributed by atoms with Gasteiger partial charge in [-0.05, 0) is 42.5 Å². The Balaban J connectivity index is 1.53. The summed E-state index contributed by atoms with van der Waals surface area (Å²) in [6, 6.07) is 14.0. The fourth-order valence-electron chi connectivity index (χ4n) is 3.67. The molecule has 10 nitrogen and oxygen atoms in total. The number of hydrogen-bond donors (Lipinski definition) is 2. The average molecular weight is 491 g/mol. The Kier molecular flexibility index (Phi) is 7.24. The van der Waals surface area contributed by atoms with E-state index in [0.717, 1.165) is 11.1 Å². The quantitative estimate of drug-likeness (QED) is 0.346. The van der Waals surface area contributed by atoms with Crippen LogP contribution in [-0.2, 0) is 0 Å². The first-order valence-electron chi connectivity index (χ1n) is 10.9. The van der Waals surface area contributed by atoms with Crippen LogP contribution in [0.15, 0.2) is 54.9 Å². The maximum atomic E-state index is 12.9. The molecule has 0 bridgehead atoms. The van der Waals surface area contributed by atoms with Crippen LogP contribution in [0.1, 0.15) is 10.4 Å². The van der Waals surface area contributed by atoms with E-state index in [-0.39, 0.29) is 5.91 Å². The standard InChI is InChI=1S/C26H26N4O6/c1-32-20-12-18-19(13-21(20)33-2)27-14-28-25(18)29-16-6-8-17(9-7-16)30-26(31)15-10-22(34-3)24(36-5)23(11-15)35-4/h6-14H,1-5H3,(H,30,31)(H,27,28,29). The third-order valence-electron chi connectivity index (χ3n) is 5.47. The Hall–Kier alpha value is -4.73. The second kappa shape index (κ2) is 10.7. The normalized spacial score (nSPS) is 10.5. The molecule has 0 aliphatic heterocycles. The highest BCUT2D eigenvalue weighted by atomic mass is 16.5. The van der Waals surface area contributed by atoms with Crippen molar-refractivity contribution in [3.63, 3.8) is 0 Å². The molecule has 1 heterocycles. The van der Waals surface area contributed by atoms with Crippen molar-refractivity contribution < 1.29 is 28.5 Å². The minimum Gasteiger partial charge on any atom is -0.493 e. The zero-order valence-corrected chi connectivity index (χ0v) is 20.5. The highest BCUT2D eigenvalue weighted by molar-refractivity contribution is 6.05. The van der Waals surface area contributed by atoms with E-state index < -0.39 is 0 Å². The Labute approximate surface area is 208 Å². The van der Waals surface area contributed by atoms with Gasteiger partial charge in [0, 0.05) is 28.4 Å². The molecule has 4 aromatic rings. The van der Waals surface area contributed by atoms with Gasteiger partial charge in [-0.3, -0.25) is 4.79 Å². The lowest BCUT2D eigenvalue weighted by molar-refractivity contribution is 0.102. The largest absolute Gasteiger partial charge is 0.493 e. The van der Waals surface area contributed by atoms with E-state index in [1.54, 1.807) is 44.6 Å². The maximum Gasteiger partial charge on any atom is 0.255 e. The number of carbonyl (C=O) groups excluding carboxylic acids is 1. The van der Waals surface area contributed by atoms with Crippen molar-refractivity contribution in [2.24, 2.45) is 0 Å². The SMILES string of the molecule is COc1cc2ncnc(Nc3ccc(NC(=O)c4cc(OC)c(OC)c(OC)c4)cc3)c2cc1OC. The van der Waals surface area contributed by atoms with Crippen molar-refractivity contribution in [2.45, 2.75) is 0 Å². The molecule has 4 rings (SSSR count). The van der Waals surface area contributed by atoms with Crippen LogP contribution in [0.4, 0.5) is 17.2 Å². The molecule has 0 unspecified atom stereocenters. The van der Waals surface area contributed by atoms with Gasteiger partial charge in [-0.2, -0.15) is 0 Å². The van der Waals surface area contributed by atoms with Gasteiger partial charge in [0.05, 0.1) is 41.1 Å². The number of fused-ring (bicyclic) bond motifs is 1. The third-order valence-corrected chi connectivity index (χ3v) is 5.47. The molecule has 2 N–H and O–H groups in total. The number of nitrogens with one attached hydrogen (secondary N) is 2. The summed E-state index contributed by atoms with van der Waals surface area (Å²) in [7, 11) is 7.65. The molecule has 36 heavy (non-hydrogen) atoms. The van der Waals surface area contributed by atoms with Gasteiger partial charge >= 0.3 is 0 Å². The van der Waals surface area contributed by atoms with Crippen LogP contribution in [0.25, 0.3) is 10.9 Å². The zero-order chi connectivity index (χ0) is 25.7. The molecule has 10 heteroatoms. The van der Waals surface area contributed by atoms with Crippen molar-refractivity contribution in [1.82, 2.24) is 9.97 Å². The first-order valence-corrected chi connectivity index (χ1v) is 10.9. The zero-order valence-electron chi connectivity index (χ0n) is 20.5. The Morgan fingerprint density at radius 1 is 0.694 bits per heavy atom. The summed E-state index contributed by atoms with van der Waals surface area (Å²) in [6.07, 6.45) is 1.47. The van der Waals surface area contributed by atoms with Crippen LogP contribution in [0.5, 0.6) is 28.7 Å². The van der Waals surface area contributed by atoms with Crippen molar-refractivity contribution in [3.05, 3.63) is 60.4 Å². The number of anilines is 3. The van der Waals surface area contributed by atoms with Gasteiger partial charge in [0.15, 0.2) is 23.0 Å². The minimum absolute atomic E-state index is 0.321. The molecule has 0 radical (unpaired) electrons.